The Hall–Kier alpha value is -7.18. The van der Waals surface area contributed by atoms with Crippen molar-refractivity contribution >= 4 is 114 Å². The number of para-hydroxylation sites is 5. The third kappa shape index (κ3) is 6.38. The Morgan fingerprint density at radius 3 is 1.44 bits per heavy atom. The quantitative estimate of drug-likeness (QED) is 0.144. The molecule has 3 nitrogen and oxygen atoms in total. The van der Waals surface area contributed by atoms with Crippen LogP contribution in [0.4, 0.5) is 51.2 Å². The van der Waals surface area contributed by atoms with E-state index >= 15 is 0 Å². The summed E-state index contributed by atoms with van der Waals surface area (Å²) in [5.74, 6) is 0. The highest BCUT2D eigenvalue weighted by molar-refractivity contribution is 7.26. The Morgan fingerprint density at radius 2 is 0.797 bits per heavy atom. The molecule has 0 radical (unpaired) electrons. The lowest BCUT2D eigenvalue weighted by Gasteiger charge is -2.30. The average Bonchev–Trinajstić information content (AvgIpc) is 3.91. The molecule has 11 aromatic rings. The molecule has 0 bridgehead atoms. The molecule has 280 valence electrons. The first kappa shape index (κ1) is 30.0. The maximum absolute atomic E-state index is 9.23. The van der Waals surface area contributed by atoms with Gasteiger partial charge in [-0.1, -0.05) is 115 Å². The molecule has 0 aliphatic rings. The maximum atomic E-state index is 9.23. The number of fused-ring (bicyclic) bond motifs is 6. The molecule has 0 saturated carbocycles. The van der Waals surface area contributed by atoms with Gasteiger partial charge in [-0.25, -0.2) is 0 Å². The number of rotatable bonds is 9. The van der Waals surface area contributed by atoms with Gasteiger partial charge < -0.3 is 14.7 Å². The van der Waals surface area contributed by atoms with E-state index in [1.54, 1.807) is 22.7 Å². The molecule has 59 heavy (non-hydrogen) atoms. The molecular formula is C54H37N3S2. The zero-order valence-corrected chi connectivity index (χ0v) is 33.3. The van der Waals surface area contributed by atoms with Crippen LogP contribution < -0.4 is 14.7 Å². The van der Waals surface area contributed by atoms with E-state index in [1.165, 1.54) is 10.1 Å². The summed E-state index contributed by atoms with van der Waals surface area (Å²) >= 11 is 3.44. The van der Waals surface area contributed by atoms with Crippen LogP contribution in [0.15, 0.2) is 224 Å². The van der Waals surface area contributed by atoms with Gasteiger partial charge >= 0.3 is 0 Å². The van der Waals surface area contributed by atoms with Crippen molar-refractivity contribution in [2.75, 3.05) is 14.7 Å². The minimum atomic E-state index is -0.431. The van der Waals surface area contributed by atoms with Crippen LogP contribution in [-0.4, -0.2) is 0 Å². The van der Waals surface area contributed by atoms with Gasteiger partial charge in [-0.15, -0.1) is 22.7 Å². The van der Waals surface area contributed by atoms with E-state index in [9.17, 15) is 2.74 Å². The van der Waals surface area contributed by atoms with Crippen LogP contribution in [0.1, 0.15) is 6.85 Å². The van der Waals surface area contributed by atoms with E-state index in [0.717, 1.165) is 64.4 Å². The molecule has 9 aromatic carbocycles. The lowest BCUT2D eigenvalue weighted by Crippen LogP contribution is -2.13. The minimum Gasteiger partial charge on any atom is -0.310 e. The van der Waals surface area contributed by atoms with E-state index in [-0.39, 0.29) is 29.9 Å². The lowest BCUT2D eigenvalue weighted by molar-refractivity contribution is 1.27. The van der Waals surface area contributed by atoms with Crippen molar-refractivity contribution < 1.29 is 6.85 Å². The minimum absolute atomic E-state index is 0.0846. The molecule has 0 unspecified atom stereocenters. The molecule has 0 saturated heterocycles. The molecular weight excluding hydrogens is 755 g/mol. The largest absolute Gasteiger partial charge is 0.310 e. The molecule has 0 aliphatic heterocycles. The number of anilines is 9. The van der Waals surface area contributed by atoms with E-state index in [0.29, 0.717) is 11.4 Å². The van der Waals surface area contributed by atoms with Crippen molar-refractivity contribution in [2.24, 2.45) is 0 Å². The van der Waals surface area contributed by atoms with E-state index in [2.05, 4.69) is 131 Å². The third-order valence-corrected chi connectivity index (χ3v) is 12.9. The van der Waals surface area contributed by atoms with Gasteiger partial charge in [0.15, 0.2) is 0 Å². The molecule has 0 N–H and O–H groups in total. The van der Waals surface area contributed by atoms with Crippen molar-refractivity contribution in [3.05, 3.63) is 224 Å². The van der Waals surface area contributed by atoms with Crippen molar-refractivity contribution in [3.63, 3.8) is 0 Å². The van der Waals surface area contributed by atoms with Crippen molar-refractivity contribution in [2.45, 2.75) is 0 Å². The number of hydrogen-bond acceptors (Lipinski definition) is 5. The van der Waals surface area contributed by atoms with Gasteiger partial charge in [-0.2, -0.15) is 0 Å². The topological polar surface area (TPSA) is 9.72 Å². The molecule has 2 heterocycles. The Morgan fingerprint density at radius 1 is 0.305 bits per heavy atom. The molecule has 0 amide bonds. The van der Waals surface area contributed by atoms with Crippen LogP contribution in [0.25, 0.3) is 40.3 Å². The van der Waals surface area contributed by atoms with Gasteiger partial charge in [0.1, 0.15) is 0 Å². The number of thiophene rings is 2. The predicted octanol–water partition coefficient (Wildman–Crippen LogP) is 16.8. The second-order valence-electron chi connectivity index (χ2n) is 14.2. The van der Waals surface area contributed by atoms with Crippen LogP contribution in [0.2, 0.25) is 0 Å². The van der Waals surface area contributed by atoms with Gasteiger partial charge in [-0.3, -0.25) is 0 Å². The maximum Gasteiger partial charge on any atom is 0.0645 e. The Bertz CT molecular complexity index is 3460. The lowest BCUT2D eigenvalue weighted by atomic mass is 10.1. The molecule has 5 heteroatoms. The first-order valence-electron chi connectivity index (χ1n) is 21.9. The van der Waals surface area contributed by atoms with Crippen LogP contribution in [0.3, 0.4) is 0 Å². The smallest absolute Gasteiger partial charge is 0.0645 e. The van der Waals surface area contributed by atoms with Crippen LogP contribution in [0.5, 0.6) is 0 Å². The van der Waals surface area contributed by atoms with Gasteiger partial charge in [-0.05, 0) is 109 Å². The fourth-order valence-electron chi connectivity index (χ4n) is 8.10. The van der Waals surface area contributed by atoms with Crippen LogP contribution in [-0.2, 0) is 0 Å². The van der Waals surface area contributed by atoms with Crippen LogP contribution in [0, 0.1) is 0 Å². The number of hydrogen-bond donors (Lipinski definition) is 0. The molecule has 0 aliphatic carbocycles. The summed E-state index contributed by atoms with van der Waals surface area (Å²) in [5.41, 5.74) is 7.47. The van der Waals surface area contributed by atoms with Gasteiger partial charge in [0.05, 0.1) is 12.5 Å². The van der Waals surface area contributed by atoms with Gasteiger partial charge in [0.2, 0.25) is 0 Å². The Labute approximate surface area is 358 Å². The summed E-state index contributed by atoms with van der Waals surface area (Å²) in [6.07, 6.45) is 0. The first-order chi connectivity index (χ1) is 31.3. The molecule has 0 atom stereocenters. The monoisotopic (exact) mass is 796 g/mol. The summed E-state index contributed by atoms with van der Waals surface area (Å²) in [7, 11) is 0. The van der Waals surface area contributed by atoms with Crippen molar-refractivity contribution in [1.82, 2.24) is 0 Å². The summed E-state index contributed by atoms with van der Waals surface area (Å²) in [5, 5.41) is 4.30. The first-order valence-corrected chi connectivity index (χ1v) is 21.1. The number of nitrogens with zero attached hydrogens (tertiary/aromatic N) is 3. The summed E-state index contributed by atoms with van der Waals surface area (Å²) in [4.78, 5) is 6.38. The van der Waals surface area contributed by atoms with E-state index in [4.69, 9.17) is 4.11 Å². The normalized spacial score (nSPS) is 12.6. The van der Waals surface area contributed by atoms with Gasteiger partial charge in [0.25, 0.3) is 0 Å². The molecule has 11 rings (SSSR count). The van der Waals surface area contributed by atoms with Crippen molar-refractivity contribution in [1.29, 1.82) is 0 Å². The average molecular weight is 797 g/mol. The Kier molecular flexibility index (Phi) is 7.60. The third-order valence-electron chi connectivity index (χ3n) is 10.7. The molecule has 0 spiro atoms. The summed E-state index contributed by atoms with van der Waals surface area (Å²) in [6.45, 7) is 0. The highest BCUT2D eigenvalue weighted by atomic mass is 32.1. The highest BCUT2D eigenvalue weighted by Crippen LogP contribution is 2.50. The standard InChI is InChI=1S/C54H37N3S2/c1-6-18-38(19-7-1)55(39-20-8-2-9-21-39)43-31-33-51-48(34-43)46-32-30-44(36-52(46)58-51)56(40-22-10-3-11-23-40)45-35-49(54-47-28-16-17-29-50(47)59-53(54)37-45)57(41-24-12-4-13-25-41)42-26-14-5-15-27-42/h1-37H/i4D,12D,13D,24D,25D. The second-order valence-corrected chi connectivity index (χ2v) is 16.4. The zero-order valence-electron chi connectivity index (χ0n) is 36.6. The predicted molar refractivity (Wildman–Crippen MR) is 256 cm³/mol. The van der Waals surface area contributed by atoms with E-state index in [1.807, 2.05) is 77.7 Å². The zero-order chi connectivity index (χ0) is 43.5. The SMILES string of the molecule is [2H]c1c([2H])c([2H])c(N(c2ccccc2)c2cc(N(c3ccccc3)c3ccc4c(c3)sc3ccc(N(c5ccccc5)c5ccccc5)cc34)cc3sc4ccccc4c23)c([2H])c1[2H]. The fourth-order valence-corrected chi connectivity index (χ4v) is 10.4. The molecule has 0 fully saturated rings. The van der Waals surface area contributed by atoms with Crippen molar-refractivity contribution in [3.8, 4) is 0 Å². The molecule has 2 aromatic heterocycles. The van der Waals surface area contributed by atoms with E-state index < -0.39 is 6.04 Å². The Balaban J connectivity index is 1.13. The van der Waals surface area contributed by atoms with Gasteiger partial charge in [0, 0.05) is 85.8 Å². The summed E-state index contributed by atoms with van der Waals surface area (Å²) < 4.78 is 48.8. The number of benzene rings is 9. The van der Waals surface area contributed by atoms with Crippen LogP contribution >= 0.6 is 22.7 Å². The fraction of sp³-hybridized carbons (Fsp3) is 0. The summed E-state index contributed by atoms with van der Waals surface area (Å²) in [6, 6.07) is 65.0. The highest BCUT2D eigenvalue weighted by Gasteiger charge is 2.23. The second kappa shape index (κ2) is 15.0.